The molecule has 5 heteroatoms. The lowest BCUT2D eigenvalue weighted by atomic mass is 10.2. The Morgan fingerprint density at radius 2 is 2.00 bits per heavy atom. The van der Waals surface area contributed by atoms with Crippen LogP contribution in [0.25, 0.3) is 0 Å². The fraction of sp³-hybridized carbons (Fsp3) is 0.400. The molecule has 86 valence electrons. The lowest BCUT2D eigenvalue weighted by Gasteiger charge is -2.11. The molecule has 0 heterocycles. The Balaban J connectivity index is 0.00000196. The van der Waals surface area contributed by atoms with E-state index in [1.807, 2.05) is 19.1 Å². The molecule has 15 heavy (non-hydrogen) atoms. The van der Waals surface area contributed by atoms with Gasteiger partial charge < -0.3 is 15.2 Å². The number of hydrogen-bond donors (Lipinski definition) is 1. The Bertz CT molecular complexity index is 321. The van der Waals surface area contributed by atoms with Gasteiger partial charge in [-0.3, -0.25) is 0 Å². The van der Waals surface area contributed by atoms with Gasteiger partial charge in [0.05, 0.1) is 13.7 Å². The Hall–Kier alpha value is -0.450. The highest BCUT2D eigenvalue weighted by Gasteiger charge is 2.08. The number of nitrogens with two attached hydrogens (primary N) is 1. The van der Waals surface area contributed by atoms with Gasteiger partial charge in [0.1, 0.15) is 0 Å². The first-order valence-corrected chi connectivity index (χ1v) is 5.21. The second-order valence-electron chi connectivity index (χ2n) is 2.73. The maximum Gasteiger partial charge on any atom is 0.161 e. The molecule has 0 fully saturated rings. The molecule has 0 bridgehead atoms. The van der Waals surface area contributed by atoms with E-state index < -0.39 is 0 Å². The van der Waals surface area contributed by atoms with Gasteiger partial charge in [0, 0.05) is 11.0 Å². The van der Waals surface area contributed by atoms with Gasteiger partial charge in [0.15, 0.2) is 11.5 Å². The summed E-state index contributed by atoms with van der Waals surface area (Å²) in [6, 6.07) is 3.76. The molecule has 0 aliphatic heterocycles. The van der Waals surface area contributed by atoms with Crippen LogP contribution in [0.5, 0.6) is 11.5 Å². The largest absolute Gasteiger partial charge is 0.493 e. The molecule has 0 amide bonds. The van der Waals surface area contributed by atoms with E-state index in [1.165, 1.54) is 0 Å². The number of halogens is 2. The Morgan fingerprint density at radius 1 is 1.33 bits per heavy atom. The Kier molecular flexibility index (Phi) is 6.72. The lowest BCUT2D eigenvalue weighted by molar-refractivity contribution is 0.310. The summed E-state index contributed by atoms with van der Waals surface area (Å²) in [6.07, 6.45) is 0. The monoisotopic (exact) mass is 295 g/mol. The standard InChI is InChI=1S/C10H14BrNO2.ClH/c1-3-14-10-4-7(6-12)8(11)5-9(10)13-2;/h4-5H,3,6,12H2,1-2H3;1H. The maximum atomic E-state index is 5.58. The van der Waals surface area contributed by atoms with E-state index in [4.69, 9.17) is 15.2 Å². The molecule has 2 N–H and O–H groups in total. The van der Waals surface area contributed by atoms with Crippen LogP contribution in [-0.2, 0) is 6.54 Å². The molecule has 1 aromatic rings. The summed E-state index contributed by atoms with van der Waals surface area (Å²) in [4.78, 5) is 0. The summed E-state index contributed by atoms with van der Waals surface area (Å²) < 4.78 is 11.6. The van der Waals surface area contributed by atoms with Crippen LogP contribution in [-0.4, -0.2) is 13.7 Å². The van der Waals surface area contributed by atoms with Crippen LogP contribution in [0.1, 0.15) is 12.5 Å². The van der Waals surface area contributed by atoms with E-state index in [2.05, 4.69) is 15.9 Å². The molecule has 0 aliphatic carbocycles. The first-order chi connectivity index (χ1) is 6.72. The fourth-order valence-corrected chi connectivity index (χ4v) is 1.65. The average Bonchev–Trinajstić information content (AvgIpc) is 2.20. The van der Waals surface area contributed by atoms with Crippen molar-refractivity contribution in [1.82, 2.24) is 0 Å². The van der Waals surface area contributed by atoms with E-state index in [-0.39, 0.29) is 12.4 Å². The quantitative estimate of drug-likeness (QED) is 0.929. The van der Waals surface area contributed by atoms with Gasteiger partial charge in [-0.05, 0) is 24.6 Å². The van der Waals surface area contributed by atoms with Gasteiger partial charge in [-0.1, -0.05) is 15.9 Å². The van der Waals surface area contributed by atoms with Gasteiger partial charge in [0.2, 0.25) is 0 Å². The van der Waals surface area contributed by atoms with Gasteiger partial charge in [-0.15, -0.1) is 12.4 Å². The third kappa shape index (κ3) is 3.55. The number of ether oxygens (including phenoxy) is 2. The number of benzene rings is 1. The van der Waals surface area contributed by atoms with Crippen molar-refractivity contribution >= 4 is 28.3 Å². The molecule has 0 spiro atoms. The third-order valence-corrected chi connectivity index (χ3v) is 2.59. The van der Waals surface area contributed by atoms with Crippen molar-refractivity contribution in [2.24, 2.45) is 5.73 Å². The van der Waals surface area contributed by atoms with Crippen molar-refractivity contribution < 1.29 is 9.47 Å². The van der Waals surface area contributed by atoms with Crippen LogP contribution in [0.15, 0.2) is 16.6 Å². The topological polar surface area (TPSA) is 44.5 Å². The SMILES string of the molecule is CCOc1cc(CN)c(Br)cc1OC.Cl. The summed E-state index contributed by atoms with van der Waals surface area (Å²) >= 11 is 3.42. The second-order valence-corrected chi connectivity index (χ2v) is 3.59. The predicted molar refractivity (Wildman–Crippen MR) is 67.0 cm³/mol. The fourth-order valence-electron chi connectivity index (χ4n) is 1.16. The second kappa shape index (κ2) is 6.93. The lowest BCUT2D eigenvalue weighted by Crippen LogP contribution is -2.01. The smallest absolute Gasteiger partial charge is 0.161 e. The Labute approximate surface area is 104 Å². The zero-order chi connectivity index (χ0) is 10.6. The average molecular weight is 297 g/mol. The molecule has 1 rings (SSSR count). The molecule has 3 nitrogen and oxygen atoms in total. The van der Waals surface area contributed by atoms with Crippen LogP contribution < -0.4 is 15.2 Å². The van der Waals surface area contributed by atoms with Gasteiger partial charge in [0.25, 0.3) is 0 Å². The zero-order valence-corrected chi connectivity index (χ0v) is 11.2. The molecule has 1 aromatic carbocycles. The molecule has 0 aliphatic rings. The van der Waals surface area contributed by atoms with Crippen molar-refractivity contribution in [3.8, 4) is 11.5 Å². The molecule has 0 saturated heterocycles. The van der Waals surface area contributed by atoms with Crippen LogP contribution >= 0.6 is 28.3 Å². The molecular formula is C10H15BrClNO2. The molecule has 0 atom stereocenters. The van der Waals surface area contributed by atoms with Crippen molar-refractivity contribution in [2.75, 3.05) is 13.7 Å². The van der Waals surface area contributed by atoms with Crippen LogP contribution in [0.2, 0.25) is 0 Å². The summed E-state index contributed by atoms with van der Waals surface area (Å²) in [5, 5.41) is 0. The number of hydrogen-bond acceptors (Lipinski definition) is 3. The molecule has 0 radical (unpaired) electrons. The number of methoxy groups -OCH3 is 1. The minimum absolute atomic E-state index is 0. The first kappa shape index (κ1) is 14.5. The summed E-state index contributed by atoms with van der Waals surface area (Å²) in [5.74, 6) is 1.45. The molecule has 0 saturated carbocycles. The van der Waals surface area contributed by atoms with Crippen LogP contribution in [0.3, 0.4) is 0 Å². The third-order valence-electron chi connectivity index (χ3n) is 1.85. The van der Waals surface area contributed by atoms with Gasteiger partial charge >= 0.3 is 0 Å². The van der Waals surface area contributed by atoms with Crippen molar-refractivity contribution in [3.05, 3.63) is 22.2 Å². The highest BCUT2D eigenvalue weighted by Crippen LogP contribution is 2.33. The normalized spacial score (nSPS) is 9.33. The van der Waals surface area contributed by atoms with Crippen molar-refractivity contribution in [2.45, 2.75) is 13.5 Å². The van der Waals surface area contributed by atoms with E-state index >= 15 is 0 Å². The summed E-state index contributed by atoms with van der Waals surface area (Å²) in [7, 11) is 1.62. The molecule has 0 unspecified atom stereocenters. The summed E-state index contributed by atoms with van der Waals surface area (Å²) in [6.45, 7) is 3.02. The minimum Gasteiger partial charge on any atom is -0.493 e. The van der Waals surface area contributed by atoms with Crippen LogP contribution in [0, 0.1) is 0 Å². The molecular weight excluding hydrogens is 281 g/mol. The van der Waals surface area contributed by atoms with Crippen LogP contribution in [0.4, 0.5) is 0 Å². The van der Waals surface area contributed by atoms with E-state index in [9.17, 15) is 0 Å². The van der Waals surface area contributed by atoms with Gasteiger partial charge in [-0.25, -0.2) is 0 Å². The minimum atomic E-state index is 0. The highest BCUT2D eigenvalue weighted by atomic mass is 79.9. The number of rotatable bonds is 4. The first-order valence-electron chi connectivity index (χ1n) is 4.42. The van der Waals surface area contributed by atoms with E-state index in [1.54, 1.807) is 7.11 Å². The van der Waals surface area contributed by atoms with E-state index in [0.717, 1.165) is 21.5 Å². The zero-order valence-electron chi connectivity index (χ0n) is 8.75. The summed E-state index contributed by atoms with van der Waals surface area (Å²) in [5.41, 5.74) is 6.59. The van der Waals surface area contributed by atoms with E-state index in [0.29, 0.717) is 13.2 Å². The predicted octanol–water partition coefficient (Wildman–Crippen LogP) is 2.74. The van der Waals surface area contributed by atoms with Crippen molar-refractivity contribution in [3.63, 3.8) is 0 Å². The Morgan fingerprint density at radius 3 is 2.47 bits per heavy atom. The van der Waals surface area contributed by atoms with Crippen molar-refractivity contribution in [1.29, 1.82) is 0 Å². The van der Waals surface area contributed by atoms with Gasteiger partial charge in [-0.2, -0.15) is 0 Å². The maximum absolute atomic E-state index is 5.58. The molecule has 0 aromatic heterocycles. The highest BCUT2D eigenvalue weighted by molar-refractivity contribution is 9.10.